The van der Waals surface area contributed by atoms with Crippen LogP contribution in [0.25, 0.3) is 0 Å². The van der Waals surface area contributed by atoms with Gasteiger partial charge in [0.1, 0.15) is 17.7 Å². The third-order valence-electron chi connectivity index (χ3n) is 5.18. The van der Waals surface area contributed by atoms with Crippen LogP contribution in [-0.2, 0) is 13.5 Å². The third-order valence-corrected chi connectivity index (χ3v) is 5.18. The van der Waals surface area contributed by atoms with E-state index in [1.165, 1.54) is 14.7 Å². The first kappa shape index (κ1) is 19.9. The summed E-state index contributed by atoms with van der Waals surface area (Å²) >= 11 is 0. The van der Waals surface area contributed by atoms with Gasteiger partial charge in [0.15, 0.2) is 0 Å². The van der Waals surface area contributed by atoms with Crippen LogP contribution in [0.3, 0.4) is 0 Å². The number of carbonyl (C=O) groups excluding carboxylic acids is 1. The third kappa shape index (κ3) is 4.03. The number of benzene rings is 1. The second kappa shape index (κ2) is 8.46. The van der Waals surface area contributed by atoms with Gasteiger partial charge in [-0.05, 0) is 31.7 Å². The fraction of sp³-hybridized carbons (Fsp3) is 0.476. The summed E-state index contributed by atoms with van der Waals surface area (Å²) in [6.45, 7) is 4.71. The Kier molecular flexibility index (Phi) is 6.02. The Morgan fingerprint density at radius 2 is 2.00 bits per heavy atom. The Balaban J connectivity index is 1.75. The summed E-state index contributed by atoms with van der Waals surface area (Å²) < 4.78 is 2.70. The van der Waals surface area contributed by atoms with Crippen molar-refractivity contribution in [1.29, 1.82) is 0 Å². The number of carbonyl (C=O) groups is 1. The number of aromatic nitrogens is 2. The minimum absolute atomic E-state index is 0.0525. The number of nitrogens with zero attached hydrogens (tertiary/aromatic N) is 4. The van der Waals surface area contributed by atoms with Crippen LogP contribution in [0, 0.1) is 6.92 Å². The Morgan fingerprint density at radius 3 is 2.68 bits per heavy atom. The average Bonchev–Trinajstić information content (AvgIpc) is 2.95. The van der Waals surface area contributed by atoms with E-state index in [0.717, 1.165) is 31.2 Å². The molecule has 1 aromatic heterocycles. The first-order chi connectivity index (χ1) is 13.4. The quantitative estimate of drug-likeness (QED) is 0.833. The number of likely N-dealkylation sites (N-methyl/N-ethyl adjacent to an activating group) is 1. The molecule has 1 aliphatic rings. The molecule has 0 fully saturated rings. The van der Waals surface area contributed by atoms with E-state index in [1.54, 1.807) is 25.2 Å². The van der Waals surface area contributed by atoms with Gasteiger partial charge in [0.2, 0.25) is 0 Å². The largest absolute Gasteiger partial charge is 0.348 e. The van der Waals surface area contributed by atoms with Crippen LogP contribution in [0.5, 0.6) is 0 Å². The molecule has 3 rings (SSSR count). The number of nitrogens with one attached hydrogen (secondary N) is 1. The molecule has 7 heteroatoms. The summed E-state index contributed by atoms with van der Waals surface area (Å²) in [5, 5.41) is 3.29. The van der Waals surface area contributed by atoms with Crippen LogP contribution in [-0.4, -0.2) is 46.0 Å². The Bertz CT molecular complexity index is 924. The van der Waals surface area contributed by atoms with Crippen LogP contribution in [0.2, 0.25) is 0 Å². The van der Waals surface area contributed by atoms with Crippen molar-refractivity contribution in [3.05, 3.63) is 51.6 Å². The molecule has 0 bridgehead atoms. The number of fused-ring (bicyclic) bond motifs is 1. The molecular weight excluding hydrogens is 354 g/mol. The van der Waals surface area contributed by atoms with E-state index in [-0.39, 0.29) is 17.9 Å². The summed E-state index contributed by atoms with van der Waals surface area (Å²) in [4.78, 5) is 31.7. The first-order valence-electron chi connectivity index (χ1n) is 9.84. The van der Waals surface area contributed by atoms with Gasteiger partial charge in [0.05, 0.1) is 6.21 Å². The minimum atomic E-state index is -0.354. The molecule has 28 heavy (non-hydrogen) atoms. The molecule has 1 unspecified atom stereocenters. The second-order valence-corrected chi connectivity index (χ2v) is 7.43. The molecule has 7 nitrogen and oxygen atoms in total. The Labute approximate surface area is 165 Å². The number of anilines is 1. The van der Waals surface area contributed by atoms with Gasteiger partial charge in [0.25, 0.3) is 0 Å². The van der Waals surface area contributed by atoms with Gasteiger partial charge in [-0.25, -0.2) is 14.2 Å². The van der Waals surface area contributed by atoms with Crippen molar-refractivity contribution in [2.24, 2.45) is 12.0 Å². The van der Waals surface area contributed by atoms with Crippen molar-refractivity contribution in [2.45, 2.75) is 45.7 Å². The van der Waals surface area contributed by atoms with Gasteiger partial charge in [-0.1, -0.05) is 43.2 Å². The lowest BCUT2D eigenvalue weighted by Crippen LogP contribution is -2.39. The predicted octanol–water partition coefficient (Wildman–Crippen LogP) is 3.00. The van der Waals surface area contributed by atoms with E-state index in [4.69, 9.17) is 0 Å². The summed E-state index contributed by atoms with van der Waals surface area (Å²) in [6.07, 6.45) is 5.38. The van der Waals surface area contributed by atoms with Gasteiger partial charge < -0.3 is 10.2 Å². The molecule has 1 amide bonds. The van der Waals surface area contributed by atoms with Gasteiger partial charge in [0, 0.05) is 20.6 Å². The molecule has 1 N–H and O–H groups in total. The molecule has 2 heterocycles. The zero-order valence-corrected chi connectivity index (χ0v) is 17.1. The maximum Gasteiger partial charge on any atom is 0.338 e. The lowest BCUT2D eigenvalue weighted by atomic mass is 10.1. The molecule has 0 spiro atoms. The number of amides is 1. The predicted molar refractivity (Wildman–Crippen MR) is 113 cm³/mol. The minimum Gasteiger partial charge on any atom is -0.348 e. The van der Waals surface area contributed by atoms with Gasteiger partial charge in [-0.3, -0.25) is 9.56 Å². The molecule has 0 aliphatic carbocycles. The summed E-state index contributed by atoms with van der Waals surface area (Å²) in [5.41, 5.74) is 2.54. The van der Waals surface area contributed by atoms with Gasteiger partial charge in [-0.15, -0.1) is 0 Å². The average molecular weight is 383 g/mol. The van der Waals surface area contributed by atoms with Gasteiger partial charge >= 0.3 is 11.7 Å². The lowest BCUT2D eigenvalue weighted by Gasteiger charge is -2.21. The summed E-state index contributed by atoms with van der Waals surface area (Å²) in [6, 6.07) is 7.92. The normalized spacial score (nSPS) is 15.2. The first-order valence-corrected chi connectivity index (χ1v) is 9.84. The molecule has 150 valence electrons. The summed E-state index contributed by atoms with van der Waals surface area (Å²) in [7, 11) is 3.40. The van der Waals surface area contributed by atoms with Crippen LogP contribution in [0.15, 0.2) is 34.1 Å². The SMILES string of the molecule is CCCCC1N=Cc2c(n(C)c(=O)n2C(=O)N(C)CCc2ccc(C)cc2)N1. The molecule has 0 saturated carbocycles. The van der Waals surface area contributed by atoms with Crippen molar-refractivity contribution in [1.82, 2.24) is 14.0 Å². The number of aliphatic imine (C=N–C) groups is 1. The van der Waals surface area contributed by atoms with Crippen molar-refractivity contribution >= 4 is 18.1 Å². The van der Waals surface area contributed by atoms with E-state index in [2.05, 4.69) is 41.5 Å². The molecule has 1 aliphatic heterocycles. The molecule has 2 aromatic rings. The smallest absolute Gasteiger partial charge is 0.338 e. The standard InChI is InChI=1S/C21H29N5O2/c1-5-6-7-18-22-14-17-19(23-18)25(4)21(28)26(17)20(27)24(3)13-12-16-10-8-15(2)9-11-16/h8-11,14,18,23H,5-7,12-13H2,1-4H3. The molecule has 0 radical (unpaired) electrons. The van der Waals surface area contributed by atoms with Crippen LogP contribution in [0.4, 0.5) is 10.6 Å². The number of unbranched alkanes of at least 4 members (excludes halogenated alkanes) is 1. The highest BCUT2D eigenvalue weighted by Crippen LogP contribution is 2.20. The fourth-order valence-electron chi connectivity index (χ4n) is 3.32. The number of hydrogen-bond donors (Lipinski definition) is 1. The van der Waals surface area contributed by atoms with E-state index < -0.39 is 0 Å². The van der Waals surface area contributed by atoms with E-state index in [1.807, 2.05) is 6.92 Å². The Hall–Kier alpha value is -2.83. The molecular formula is C21H29N5O2. The number of rotatable bonds is 6. The highest BCUT2D eigenvalue weighted by Gasteiger charge is 2.27. The number of hydrogen-bond acceptors (Lipinski definition) is 4. The zero-order valence-electron chi connectivity index (χ0n) is 17.1. The van der Waals surface area contributed by atoms with Crippen molar-refractivity contribution in [2.75, 3.05) is 18.9 Å². The van der Waals surface area contributed by atoms with E-state index in [9.17, 15) is 9.59 Å². The van der Waals surface area contributed by atoms with Crippen LogP contribution < -0.4 is 11.0 Å². The monoisotopic (exact) mass is 383 g/mol. The van der Waals surface area contributed by atoms with E-state index in [0.29, 0.717) is 18.1 Å². The van der Waals surface area contributed by atoms with Crippen LogP contribution >= 0.6 is 0 Å². The van der Waals surface area contributed by atoms with Crippen molar-refractivity contribution < 1.29 is 4.79 Å². The van der Waals surface area contributed by atoms with Gasteiger partial charge in [-0.2, -0.15) is 0 Å². The Morgan fingerprint density at radius 1 is 1.29 bits per heavy atom. The second-order valence-electron chi connectivity index (χ2n) is 7.43. The molecule has 1 atom stereocenters. The fourth-order valence-corrected chi connectivity index (χ4v) is 3.32. The van der Waals surface area contributed by atoms with Crippen molar-refractivity contribution in [3.63, 3.8) is 0 Å². The molecule has 0 saturated heterocycles. The summed E-state index contributed by atoms with van der Waals surface area (Å²) in [5.74, 6) is 0.654. The molecule has 1 aromatic carbocycles. The number of aryl methyl sites for hydroxylation is 1. The maximum absolute atomic E-state index is 13.0. The highest BCUT2D eigenvalue weighted by molar-refractivity contribution is 5.92. The van der Waals surface area contributed by atoms with Crippen molar-refractivity contribution in [3.8, 4) is 0 Å². The zero-order chi connectivity index (χ0) is 20.3. The lowest BCUT2D eigenvalue weighted by molar-refractivity contribution is 0.210. The topological polar surface area (TPSA) is 71.6 Å². The highest BCUT2D eigenvalue weighted by atomic mass is 16.2. The maximum atomic E-state index is 13.0. The van der Waals surface area contributed by atoms with Crippen LogP contribution in [0.1, 0.15) is 43.0 Å². The van der Waals surface area contributed by atoms with E-state index >= 15 is 0 Å². The number of imidazole rings is 1.